The van der Waals surface area contributed by atoms with Crippen molar-refractivity contribution in [2.24, 2.45) is 0 Å². The van der Waals surface area contributed by atoms with Crippen LogP contribution in [0.3, 0.4) is 0 Å². The van der Waals surface area contributed by atoms with Crippen molar-refractivity contribution in [3.8, 4) is 0 Å². The van der Waals surface area contributed by atoms with E-state index in [1.165, 1.54) is 11.0 Å². The van der Waals surface area contributed by atoms with Crippen molar-refractivity contribution in [1.29, 1.82) is 0 Å². The fourth-order valence-electron chi connectivity index (χ4n) is 3.30. The lowest BCUT2D eigenvalue weighted by Crippen LogP contribution is -2.44. The van der Waals surface area contributed by atoms with E-state index in [4.69, 9.17) is 4.74 Å². The molecule has 28 heavy (non-hydrogen) atoms. The Hall–Kier alpha value is -2.70. The second-order valence-corrected chi connectivity index (χ2v) is 6.68. The fourth-order valence-corrected chi connectivity index (χ4v) is 3.30. The van der Waals surface area contributed by atoms with Gasteiger partial charge in [-0.25, -0.2) is 9.18 Å². The van der Waals surface area contributed by atoms with Gasteiger partial charge in [-0.2, -0.15) is 0 Å². The molecule has 0 aliphatic carbocycles. The van der Waals surface area contributed by atoms with E-state index in [-0.39, 0.29) is 42.5 Å². The second kappa shape index (κ2) is 10.0. The number of unbranched alkanes of at least 4 members (excludes halogenated alkanes) is 1. The maximum absolute atomic E-state index is 14.4. The van der Waals surface area contributed by atoms with E-state index >= 15 is 0 Å². The van der Waals surface area contributed by atoms with Gasteiger partial charge in [0.2, 0.25) is 11.8 Å². The number of halogens is 1. The summed E-state index contributed by atoms with van der Waals surface area (Å²) < 4.78 is 19.5. The zero-order chi connectivity index (χ0) is 20.7. The van der Waals surface area contributed by atoms with Crippen molar-refractivity contribution in [2.75, 3.05) is 19.7 Å². The molecule has 2 amide bonds. The van der Waals surface area contributed by atoms with E-state index in [0.29, 0.717) is 12.2 Å². The SMILES string of the molecule is CCCCNC(=O)CN1C(=O)CC(c2ccccc2F)C(C(=O)OCC)=C1C. The molecule has 1 unspecified atom stereocenters. The molecule has 1 aromatic rings. The van der Waals surface area contributed by atoms with Gasteiger partial charge in [0.25, 0.3) is 0 Å². The zero-order valence-electron chi connectivity index (χ0n) is 16.6. The zero-order valence-corrected chi connectivity index (χ0v) is 16.6. The number of rotatable bonds is 8. The van der Waals surface area contributed by atoms with Crippen molar-refractivity contribution in [2.45, 2.75) is 46.0 Å². The lowest BCUT2D eigenvalue weighted by Gasteiger charge is -2.34. The minimum absolute atomic E-state index is 0.103. The maximum Gasteiger partial charge on any atom is 0.336 e. The Labute approximate surface area is 164 Å². The Balaban J connectivity index is 2.37. The van der Waals surface area contributed by atoms with Gasteiger partial charge in [0.1, 0.15) is 12.4 Å². The van der Waals surface area contributed by atoms with Gasteiger partial charge in [-0.15, -0.1) is 0 Å². The van der Waals surface area contributed by atoms with E-state index in [9.17, 15) is 18.8 Å². The highest BCUT2D eigenvalue weighted by Gasteiger charge is 2.38. The molecule has 1 aliphatic heterocycles. The number of carbonyl (C=O) groups is 3. The van der Waals surface area contributed by atoms with Crippen LogP contribution in [0.4, 0.5) is 4.39 Å². The number of allylic oxidation sites excluding steroid dienone is 1. The quantitative estimate of drug-likeness (QED) is 0.547. The number of esters is 1. The van der Waals surface area contributed by atoms with E-state index in [2.05, 4.69) is 5.32 Å². The minimum atomic E-state index is -0.743. The van der Waals surface area contributed by atoms with Crippen LogP contribution >= 0.6 is 0 Å². The van der Waals surface area contributed by atoms with Crippen LogP contribution in [0.5, 0.6) is 0 Å². The lowest BCUT2D eigenvalue weighted by atomic mass is 9.83. The van der Waals surface area contributed by atoms with E-state index in [0.717, 1.165) is 12.8 Å². The molecule has 1 heterocycles. The predicted octanol–water partition coefficient (Wildman–Crippen LogP) is 2.90. The first kappa shape index (κ1) is 21.6. The van der Waals surface area contributed by atoms with Crippen LogP contribution in [0.1, 0.15) is 51.5 Å². The number of hydrogen-bond donors (Lipinski definition) is 1. The number of ether oxygens (including phenoxy) is 1. The van der Waals surface area contributed by atoms with Crippen LogP contribution in [0.25, 0.3) is 0 Å². The summed E-state index contributed by atoms with van der Waals surface area (Å²) >= 11 is 0. The molecular weight excluding hydrogens is 363 g/mol. The molecule has 1 aliphatic rings. The number of carbonyl (C=O) groups excluding carboxylic acids is 3. The van der Waals surface area contributed by atoms with Gasteiger partial charge >= 0.3 is 5.97 Å². The third-order valence-electron chi connectivity index (χ3n) is 4.75. The summed E-state index contributed by atoms with van der Waals surface area (Å²) in [5.74, 6) is -2.46. The highest BCUT2D eigenvalue weighted by molar-refractivity contribution is 5.97. The lowest BCUT2D eigenvalue weighted by molar-refractivity contribution is -0.141. The van der Waals surface area contributed by atoms with Gasteiger partial charge < -0.3 is 15.0 Å². The highest BCUT2D eigenvalue weighted by Crippen LogP contribution is 2.37. The molecule has 1 N–H and O–H groups in total. The Morgan fingerprint density at radius 1 is 1.29 bits per heavy atom. The Morgan fingerprint density at radius 2 is 2.00 bits per heavy atom. The fraction of sp³-hybridized carbons (Fsp3) is 0.476. The molecule has 6 nitrogen and oxygen atoms in total. The molecule has 0 aromatic heterocycles. The van der Waals surface area contributed by atoms with Crippen molar-refractivity contribution in [1.82, 2.24) is 10.2 Å². The minimum Gasteiger partial charge on any atom is -0.463 e. The van der Waals surface area contributed by atoms with Gasteiger partial charge in [0, 0.05) is 24.6 Å². The summed E-state index contributed by atoms with van der Waals surface area (Å²) in [6.45, 7) is 5.80. The number of hydrogen-bond acceptors (Lipinski definition) is 4. The molecule has 152 valence electrons. The summed E-state index contributed by atoms with van der Waals surface area (Å²) in [5.41, 5.74) is 0.812. The van der Waals surface area contributed by atoms with Crippen molar-refractivity contribution >= 4 is 17.8 Å². The monoisotopic (exact) mass is 390 g/mol. The van der Waals surface area contributed by atoms with E-state index in [1.807, 2.05) is 6.92 Å². The number of nitrogens with one attached hydrogen (secondary N) is 1. The van der Waals surface area contributed by atoms with Crippen LogP contribution in [-0.2, 0) is 19.1 Å². The van der Waals surface area contributed by atoms with Crippen molar-refractivity contribution in [3.05, 3.63) is 46.9 Å². The first-order valence-electron chi connectivity index (χ1n) is 9.60. The normalized spacial score (nSPS) is 16.9. The highest BCUT2D eigenvalue weighted by atomic mass is 19.1. The largest absolute Gasteiger partial charge is 0.463 e. The van der Waals surface area contributed by atoms with Gasteiger partial charge in [-0.3, -0.25) is 9.59 Å². The Morgan fingerprint density at radius 3 is 2.64 bits per heavy atom. The Bertz CT molecular complexity index is 775. The molecule has 0 saturated carbocycles. The second-order valence-electron chi connectivity index (χ2n) is 6.68. The van der Waals surface area contributed by atoms with E-state index in [1.54, 1.807) is 32.0 Å². The van der Waals surface area contributed by atoms with Gasteiger partial charge in [0.05, 0.1) is 12.2 Å². The molecular formula is C21H27FN2O4. The first-order chi connectivity index (χ1) is 13.4. The smallest absolute Gasteiger partial charge is 0.336 e. The van der Waals surface area contributed by atoms with Crippen LogP contribution < -0.4 is 5.32 Å². The molecule has 1 atom stereocenters. The van der Waals surface area contributed by atoms with Crippen LogP contribution in [-0.4, -0.2) is 42.4 Å². The number of benzene rings is 1. The van der Waals surface area contributed by atoms with Gasteiger partial charge in [-0.1, -0.05) is 31.5 Å². The van der Waals surface area contributed by atoms with Crippen LogP contribution in [0.2, 0.25) is 0 Å². The molecule has 1 aromatic carbocycles. The summed E-state index contributed by atoms with van der Waals surface area (Å²) in [6, 6.07) is 6.07. The summed E-state index contributed by atoms with van der Waals surface area (Å²) in [4.78, 5) is 38.8. The molecule has 2 rings (SSSR count). The Kier molecular flexibility index (Phi) is 7.72. The third kappa shape index (κ3) is 4.97. The van der Waals surface area contributed by atoms with E-state index < -0.39 is 17.7 Å². The van der Waals surface area contributed by atoms with Crippen molar-refractivity contribution < 1.29 is 23.5 Å². The molecule has 0 bridgehead atoms. The molecule has 0 saturated heterocycles. The standard InChI is InChI=1S/C21H27FN2O4/c1-4-6-11-23-18(25)13-24-14(3)20(21(27)28-5-2)16(12-19(24)26)15-9-7-8-10-17(15)22/h7-10,16H,4-6,11-13H2,1-3H3,(H,23,25). The topological polar surface area (TPSA) is 75.7 Å². The third-order valence-corrected chi connectivity index (χ3v) is 4.75. The summed E-state index contributed by atoms with van der Waals surface area (Å²) in [5, 5.41) is 2.76. The van der Waals surface area contributed by atoms with Crippen molar-refractivity contribution in [3.63, 3.8) is 0 Å². The number of amides is 2. The average Bonchev–Trinajstić information content (AvgIpc) is 2.65. The molecule has 0 radical (unpaired) electrons. The average molecular weight is 390 g/mol. The number of nitrogens with zero attached hydrogens (tertiary/aromatic N) is 1. The van der Waals surface area contributed by atoms with Crippen LogP contribution in [0, 0.1) is 5.82 Å². The first-order valence-corrected chi connectivity index (χ1v) is 9.60. The molecule has 0 spiro atoms. The van der Waals surface area contributed by atoms with Gasteiger partial charge in [-0.05, 0) is 31.9 Å². The van der Waals surface area contributed by atoms with Gasteiger partial charge in [0.15, 0.2) is 0 Å². The predicted molar refractivity (Wildman–Crippen MR) is 103 cm³/mol. The summed E-state index contributed by atoms with van der Waals surface area (Å²) in [7, 11) is 0. The molecule has 0 fully saturated rings. The summed E-state index contributed by atoms with van der Waals surface area (Å²) in [6.07, 6.45) is 1.69. The van der Waals surface area contributed by atoms with Crippen LogP contribution in [0.15, 0.2) is 35.5 Å². The maximum atomic E-state index is 14.4. The molecule has 7 heteroatoms.